The van der Waals surface area contributed by atoms with E-state index in [1.165, 1.54) is 6.39 Å². The molecule has 0 amide bonds. The third-order valence-corrected chi connectivity index (χ3v) is 3.41. The van der Waals surface area contributed by atoms with Crippen molar-refractivity contribution in [3.63, 3.8) is 0 Å². The molecule has 0 aliphatic rings. The maximum absolute atomic E-state index is 9.38. The minimum Gasteiger partial charge on any atom is -0.506 e. The minimum atomic E-state index is 0.0943. The number of anilines is 1. The number of aromatic hydroxyl groups is 1. The quantitative estimate of drug-likeness (QED) is 0.753. The number of nitrogens with one attached hydrogen (secondary N) is 1. The van der Waals surface area contributed by atoms with Crippen molar-refractivity contribution in [1.29, 1.82) is 0 Å². The Hall–Kier alpha value is -2.46. The lowest BCUT2D eigenvalue weighted by atomic mass is 10.1. The van der Waals surface area contributed by atoms with Crippen molar-refractivity contribution < 1.29 is 9.52 Å². The Morgan fingerprint density at radius 2 is 1.95 bits per heavy atom. The Kier molecular flexibility index (Phi) is 3.79. The molecule has 0 saturated carbocycles. The van der Waals surface area contributed by atoms with Crippen LogP contribution < -0.4 is 5.32 Å². The number of hydrogen-bond acceptors (Lipinski definition) is 4. The van der Waals surface area contributed by atoms with E-state index in [9.17, 15) is 5.11 Å². The summed E-state index contributed by atoms with van der Waals surface area (Å²) in [6.07, 6.45) is 3.09. The molecule has 2 aromatic carbocycles. The number of benzene rings is 2. The molecule has 0 fully saturated rings. The molecule has 0 aliphatic heterocycles. The zero-order valence-corrected chi connectivity index (χ0v) is 11.8. The molecule has 0 bridgehead atoms. The maximum Gasteiger partial charge on any atom is 0.181 e. The molecule has 0 unspecified atom stereocenters. The van der Waals surface area contributed by atoms with Gasteiger partial charge in [0.15, 0.2) is 12.2 Å². The number of phenolic OH excluding ortho intramolecular Hbond substituents is 1. The molecule has 0 spiro atoms. The van der Waals surface area contributed by atoms with E-state index in [0.29, 0.717) is 11.6 Å². The number of aromatic nitrogens is 1. The molecule has 5 heteroatoms. The summed E-state index contributed by atoms with van der Waals surface area (Å²) in [6.45, 7) is 0.627. The van der Waals surface area contributed by atoms with Gasteiger partial charge in [-0.2, -0.15) is 0 Å². The fraction of sp³-hybridized carbons (Fsp3) is 0.0625. The Labute approximate surface area is 127 Å². The molecule has 4 nitrogen and oxygen atoms in total. The highest BCUT2D eigenvalue weighted by molar-refractivity contribution is 6.32. The summed E-state index contributed by atoms with van der Waals surface area (Å²) in [5.41, 5.74) is 2.96. The third-order valence-electron chi connectivity index (χ3n) is 3.11. The first-order valence-corrected chi connectivity index (χ1v) is 6.80. The number of nitrogens with zero attached hydrogens (tertiary/aromatic N) is 1. The Morgan fingerprint density at radius 1 is 1.14 bits per heavy atom. The number of halogens is 1. The molecule has 1 aromatic heterocycles. The molecular weight excluding hydrogens is 288 g/mol. The summed E-state index contributed by atoms with van der Waals surface area (Å²) >= 11 is 5.88. The molecule has 2 N–H and O–H groups in total. The lowest BCUT2D eigenvalue weighted by Gasteiger charge is -2.08. The van der Waals surface area contributed by atoms with Crippen molar-refractivity contribution in [2.24, 2.45) is 0 Å². The van der Waals surface area contributed by atoms with Gasteiger partial charge in [0.1, 0.15) is 5.75 Å². The van der Waals surface area contributed by atoms with E-state index < -0.39 is 0 Å². The predicted molar refractivity (Wildman–Crippen MR) is 82.4 cm³/mol. The maximum atomic E-state index is 9.38. The number of hydrogen-bond donors (Lipinski definition) is 2. The SMILES string of the molecule is Oc1ccc(CNc2ccc(-c3cnco3)cc2)cc1Cl. The van der Waals surface area contributed by atoms with E-state index >= 15 is 0 Å². The number of oxazole rings is 1. The van der Waals surface area contributed by atoms with Crippen molar-refractivity contribution in [1.82, 2.24) is 4.98 Å². The first-order valence-electron chi connectivity index (χ1n) is 6.42. The predicted octanol–water partition coefficient (Wildman–Crippen LogP) is 4.31. The van der Waals surface area contributed by atoms with Gasteiger partial charge in [0.05, 0.1) is 11.2 Å². The van der Waals surface area contributed by atoms with Gasteiger partial charge in [0, 0.05) is 17.8 Å². The fourth-order valence-electron chi connectivity index (χ4n) is 1.98. The van der Waals surface area contributed by atoms with E-state index in [0.717, 1.165) is 22.6 Å². The van der Waals surface area contributed by atoms with Crippen molar-refractivity contribution in [3.8, 4) is 17.1 Å². The van der Waals surface area contributed by atoms with E-state index in [1.54, 1.807) is 18.3 Å². The van der Waals surface area contributed by atoms with Crippen LogP contribution in [0.2, 0.25) is 5.02 Å². The highest BCUT2D eigenvalue weighted by atomic mass is 35.5. The first-order chi connectivity index (χ1) is 10.2. The van der Waals surface area contributed by atoms with Gasteiger partial charge in [0.2, 0.25) is 0 Å². The summed E-state index contributed by atoms with van der Waals surface area (Å²) in [4.78, 5) is 3.90. The van der Waals surface area contributed by atoms with Crippen LogP contribution in [0.3, 0.4) is 0 Å². The second-order valence-corrected chi connectivity index (χ2v) is 4.99. The lowest BCUT2D eigenvalue weighted by molar-refractivity contribution is 0.475. The zero-order chi connectivity index (χ0) is 14.7. The number of rotatable bonds is 4. The molecule has 0 radical (unpaired) electrons. The van der Waals surface area contributed by atoms with Crippen LogP contribution in [0, 0.1) is 0 Å². The third kappa shape index (κ3) is 3.17. The van der Waals surface area contributed by atoms with Crippen LogP contribution in [0.25, 0.3) is 11.3 Å². The van der Waals surface area contributed by atoms with Crippen LogP contribution in [0.15, 0.2) is 59.5 Å². The average molecular weight is 301 g/mol. The molecule has 3 aromatic rings. The van der Waals surface area contributed by atoms with E-state index in [1.807, 2.05) is 30.3 Å². The Morgan fingerprint density at radius 3 is 2.62 bits per heavy atom. The van der Waals surface area contributed by atoms with Gasteiger partial charge in [-0.05, 0) is 42.0 Å². The Balaban J connectivity index is 1.66. The number of phenols is 1. The van der Waals surface area contributed by atoms with Gasteiger partial charge < -0.3 is 14.8 Å². The zero-order valence-electron chi connectivity index (χ0n) is 11.1. The van der Waals surface area contributed by atoms with Gasteiger partial charge in [-0.1, -0.05) is 17.7 Å². The minimum absolute atomic E-state index is 0.0943. The normalized spacial score (nSPS) is 10.5. The lowest BCUT2D eigenvalue weighted by Crippen LogP contribution is -1.99. The first kappa shape index (κ1) is 13.5. The highest BCUT2D eigenvalue weighted by Crippen LogP contribution is 2.24. The Bertz CT molecular complexity index is 725. The van der Waals surface area contributed by atoms with Crippen molar-refractivity contribution in [2.75, 3.05) is 5.32 Å². The summed E-state index contributed by atoms with van der Waals surface area (Å²) < 4.78 is 5.24. The van der Waals surface area contributed by atoms with Crippen molar-refractivity contribution >= 4 is 17.3 Å². The molecule has 21 heavy (non-hydrogen) atoms. The van der Waals surface area contributed by atoms with Gasteiger partial charge in [-0.25, -0.2) is 4.98 Å². The van der Waals surface area contributed by atoms with Gasteiger partial charge in [-0.3, -0.25) is 0 Å². The summed E-state index contributed by atoms with van der Waals surface area (Å²) in [7, 11) is 0. The topological polar surface area (TPSA) is 58.3 Å². The average Bonchev–Trinajstić information content (AvgIpc) is 3.03. The van der Waals surface area contributed by atoms with E-state index in [2.05, 4.69) is 10.3 Å². The largest absolute Gasteiger partial charge is 0.506 e. The van der Waals surface area contributed by atoms with Gasteiger partial charge >= 0.3 is 0 Å². The van der Waals surface area contributed by atoms with E-state index in [-0.39, 0.29) is 5.75 Å². The van der Waals surface area contributed by atoms with Crippen molar-refractivity contribution in [3.05, 3.63) is 65.6 Å². The fourth-order valence-corrected chi connectivity index (χ4v) is 2.18. The van der Waals surface area contributed by atoms with Crippen LogP contribution in [-0.2, 0) is 6.54 Å². The highest BCUT2D eigenvalue weighted by Gasteiger charge is 2.02. The summed E-state index contributed by atoms with van der Waals surface area (Å²) in [5, 5.41) is 13.0. The van der Waals surface area contributed by atoms with Crippen LogP contribution in [0.5, 0.6) is 5.75 Å². The van der Waals surface area contributed by atoms with E-state index in [4.69, 9.17) is 16.0 Å². The summed E-state index contributed by atoms with van der Waals surface area (Å²) in [6, 6.07) is 13.0. The molecule has 0 atom stereocenters. The van der Waals surface area contributed by atoms with Crippen LogP contribution in [0.1, 0.15) is 5.56 Å². The van der Waals surface area contributed by atoms with Crippen LogP contribution >= 0.6 is 11.6 Å². The summed E-state index contributed by atoms with van der Waals surface area (Å²) in [5.74, 6) is 0.837. The molecular formula is C16H13ClN2O2. The molecule has 0 aliphatic carbocycles. The molecule has 0 saturated heterocycles. The van der Waals surface area contributed by atoms with Crippen LogP contribution in [-0.4, -0.2) is 10.1 Å². The second-order valence-electron chi connectivity index (χ2n) is 4.58. The van der Waals surface area contributed by atoms with Crippen LogP contribution in [0.4, 0.5) is 5.69 Å². The van der Waals surface area contributed by atoms with Crippen molar-refractivity contribution in [2.45, 2.75) is 6.54 Å². The second kappa shape index (κ2) is 5.89. The monoisotopic (exact) mass is 300 g/mol. The molecule has 1 heterocycles. The van der Waals surface area contributed by atoms with Gasteiger partial charge in [-0.15, -0.1) is 0 Å². The smallest absolute Gasteiger partial charge is 0.181 e. The molecule has 106 valence electrons. The van der Waals surface area contributed by atoms with Gasteiger partial charge in [0.25, 0.3) is 0 Å². The molecule has 3 rings (SSSR count). The standard InChI is InChI=1S/C16H13ClN2O2/c17-14-7-11(1-6-15(14)20)8-19-13-4-2-12(3-5-13)16-9-18-10-21-16/h1-7,9-10,19-20H,8H2.